The number of hydrogen-bond acceptors (Lipinski definition) is 2. The van der Waals surface area contributed by atoms with Crippen LogP contribution in [0.1, 0.15) is 17.0 Å². The van der Waals surface area contributed by atoms with Gasteiger partial charge in [-0.2, -0.15) is 13.2 Å². The van der Waals surface area contributed by atoms with Crippen molar-refractivity contribution in [1.82, 2.24) is 0 Å². The van der Waals surface area contributed by atoms with Crippen molar-refractivity contribution in [3.05, 3.63) is 29.3 Å². The molecule has 0 aromatic heterocycles. The molecule has 1 unspecified atom stereocenters. The van der Waals surface area contributed by atoms with Gasteiger partial charge in [0.25, 0.3) is 0 Å². The molecule has 5 heteroatoms. The molecule has 0 spiro atoms. The standard InChI is InChI=1S/C11H10F3NO/c1-15-5-7(6-16)10-8(11(12,13)14)3-2-4-9(10)15/h2-4,6-7H,5H2,1H3. The van der Waals surface area contributed by atoms with Crippen LogP contribution in [0, 0.1) is 0 Å². The first-order chi connectivity index (χ1) is 7.45. The number of halogens is 3. The Bertz CT molecular complexity index is 428. The second-order valence-electron chi connectivity index (χ2n) is 3.86. The van der Waals surface area contributed by atoms with Gasteiger partial charge >= 0.3 is 6.18 Å². The fourth-order valence-electron chi connectivity index (χ4n) is 2.12. The van der Waals surface area contributed by atoms with Gasteiger partial charge in [-0.05, 0) is 17.7 Å². The molecule has 0 radical (unpaired) electrons. The molecule has 16 heavy (non-hydrogen) atoms. The van der Waals surface area contributed by atoms with E-state index in [9.17, 15) is 18.0 Å². The van der Waals surface area contributed by atoms with Crippen molar-refractivity contribution >= 4 is 12.0 Å². The van der Waals surface area contributed by atoms with E-state index in [4.69, 9.17) is 0 Å². The van der Waals surface area contributed by atoms with Gasteiger partial charge in [-0.25, -0.2) is 0 Å². The molecule has 1 aliphatic rings. The summed E-state index contributed by atoms with van der Waals surface area (Å²) in [6.07, 6.45) is -3.82. The number of aldehydes is 1. The van der Waals surface area contributed by atoms with Crippen LogP contribution in [-0.2, 0) is 11.0 Å². The number of likely N-dealkylation sites (N-methyl/N-ethyl adjacent to an activating group) is 1. The smallest absolute Gasteiger partial charge is 0.373 e. The number of carbonyl (C=O) groups excluding carboxylic acids is 1. The van der Waals surface area contributed by atoms with Gasteiger partial charge in [-0.15, -0.1) is 0 Å². The molecule has 0 saturated carbocycles. The first-order valence-electron chi connectivity index (χ1n) is 4.81. The Labute approximate surface area is 90.7 Å². The Morgan fingerprint density at radius 3 is 2.69 bits per heavy atom. The number of fused-ring (bicyclic) bond motifs is 1. The summed E-state index contributed by atoms with van der Waals surface area (Å²) >= 11 is 0. The number of anilines is 1. The van der Waals surface area contributed by atoms with Crippen LogP contribution < -0.4 is 4.90 Å². The highest BCUT2D eigenvalue weighted by Crippen LogP contribution is 2.43. The Balaban J connectivity index is 2.63. The summed E-state index contributed by atoms with van der Waals surface area (Å²) in [5.74, 6) is -0.683. The van der Waals surface area contributed by atoms with Gasteiger partial charge in [0.1, 0.15) is 6.29 Å². The Hall–Kier alpha value is -1.52. The van der Waals surface area contributed by atoms with Crippen molar-refractivity contribution < 1.29 is 18.0 Å². The third-order valence-corrected chi connectivity index (χ3v) is 2.81. The minimum atomic E-state index is -4.40. The van der Waals surface area contributed by atoms with Crippen LogP contribution in [0.5, 0.6) is 0 Å². The summed E-state index contributed by atoms with van der Waals surface area (Å²) in [6, 6.07) is 3.99. The largest absolute Gasteiger partial charge is 0.416 e. The first kappa shape index (κ1) is 11.0. The van der Waals surface area contributed by atoms with Gasteiger partial charge in [-0.1, -0.05) is 6.07 Å². The lowest BCUT2D eigenvalue weighted by Crippen LogP contribution is -2.15. The van der Waals surface area contributed by atoms with E-state index in [1.165, 1.54) is 6.07 Å². The van der Waals surface area contributed by atoms with Gasteiger partial charge in [0, 0.05) is 19.3 Å². The Kier molecular flexibility index (Phi) is 2.40. The summed E-state index contributed by atoms with van der Waals surface area (Å²) < 4.78 is 38.2. The predicted molar refractivity (Wildman–Crippen MR) is 53.5 cm³/mol. The maximum absolute atomic E-state index is 12.7. The van der Waals surface area contributed by atoms with Gasteiger partial charge in [-0.3, -0.25) is 0 Å². The minimum absolute atomic E-state index is 0.104. The van der Waals surface area contributed by atoms with Crippen LogP contribution in [0.15, 0.2) is 18.2 Å². The minimum Gasteiger partial charge on any atom is -0.373 e. The third kappa shape index (κ3) is 1.56. The number of hydrogen-bond donors (Lipinski definition) is 0. The van der Waals surface area contributed by atoms with E-state index in [1.807, 2.05) is 0 Å². The lowest BCUT2D eigenvalue weighted by atomic mass is 9.96. The SMILES string of the molecule is CN1CC(C=O)c2c1cccc2C(F)(F)F. The van der Waals surface area contributed by atoms with E-state index in [2.05, 4.69) is 0 Å². The van der Waals surface area contributed by atoms with E-state index >= 15 is 0 Å². The zero-order chi connectivity index (χ0) is 11.9. The highest BCUT2D eigenvalue weighted by Gasteiger charge is 2.39. The molecule has 1 heterocycles. The van der Waals surface area contributed by atoms with Gasteiger partial charge < -0.3 is 9.69 Å². The molecule has 0 fully saturated rings. The van der Waals surface area contributed by atoms with Gasteiger partial charge in [0.2, 0.25) is 0 Å². The van der Waals surface area contributed by atoms with E-state index < -0.39 is 17.7 Å². The summed E-state index contributed by atoms with van der Waals surface area (Å²) in [4.78, 5) is 12.5. The molecule has 0 aliphatic carbocycles. The van der Waals surface area contributed by atoms with Crippen molar-refractivity contribution in [3.8, 4) is 0 Å². The number of benzene rings is 1. The molecule has 2 nitrogen and oxygen atoms in total. The molecular weight excluding hydrogens is 219 g/mol. The van der Waals surface area contributed by atoms with Crippen molar-refractivity contribution in [1.29, 1.82) is 0 Å². The highest BCUT2D eigenvalue weighted by molar-refractivity contribution is 5.76. The average Bonchev–Trinajstić information content (AvgIpc) is 2.54. The quantitative estimate of drug-likeness (QED) is 0.689. The lowest BCUT2D eigenvalue weighted by Gasteiger charge is -2.14. The molecule has 0 saturated heterocycles. The normalized spacial score (nSPS) is 19.8. The molecule has 2 rings (SSSR count). The van der Waals surface area contributed by atoms with Gasteiger partial charge in [0.05, 0.1) is 11.5 Å². The summed E-state index contributed by atoms with van der Waals surface area (Å²) in [7, 11) is 1.68. The van der Waals surface area contributed by atoms with Crippen molar-refractivity contribution in [2.24, 2.45) is 0 Å². The van der Waals surface area contributed by atoms with Crippen LogP contribution >= 0.6 is 0 Å². The average molecular weight is 229 g/mol. The number of nitrogens with zero attached hydrogens (tertiary/aromatic N) is 1. The zero-order valence-corrected chi connectivity index (χ0v) is 8.58. The van der Waals surface area contributed by atoms with Crippen LogP contribution in [0.4, 0.5) is 18.9 Å². The highest BCUT2D eigenvalue weighted by atomic mass is 19.4. The zero-order valence-electron chi connectivity index (χ0n) is 8.58. The summed E-state index contributed by atoms with van der Waals surface area (Å²) in [6.45, 7) is 0.311. The lowest BCUT2D eigenvalue weighted by molar-refractivity contribution is -0.138. The second kappa shape index (κ2) is 3.50. The summed E-state index contributed by atoms with van der Waals surface area (Å²) in [5, 5.41) is 0. The molecular formula is C11H10F3NO. The van der Waals surface area contributed by atoms with Crippen molar-refractivity contribution in [3.63, 3.8) is 0 Å². The van der Waals surface area contributed by atoms with E-state index in [0.717, 1.165) is 6.07 Å². The Morgan fingerprint density at radius 1 is 1.44 bits per heavy atom. The molecule has 1 aromatic rings. The van der Waals surface area contributed by atoms with E-state index in [-0.39, 0.29) is 5.56 Å². The third-order valence-electron chi connectivity index (χ3n) is 2.81. The number of alkyl halides is 3. The maximum Gasteiger partial charge on any atom is 0.416 e. The molecule has 1 aromatic carbocycles. The number of rotatable bonds is 1. The molecule has 0 bridgehead atoms. The Morgan fingerprint density at radius 2 is 2.12 bits per heavy atom. The van der Waals surface area contributed by atoms with Gasteiger partial charge in [0.15, 0.2) is 0 Å². The predicted octanol–water partition coefficient (Wildman–Crippen LogP) is 2.44. The van der Waals surface area contributed by atoms with Crippen LogP contribution in [0.3, 0.4) is 0 Å². The first-order valence-corrected chi connectivity index (χ1v) is 4.81. The number of carbonyl (C=O) groups is 1. The maximum atomic E-state index is 12.7. The van der Waals surface area contributed by atoms with Crippen LogP contribution in [0.2, 0.25) is 0 Å². The molecule has 1 atom stereocenters. The van der Waals surface area contributed by atoms with Crippen molar-refractivity contribution in [2.75, 3.05) is 18.5 Å². The molecule has 0 N–H and O–H groups in total. The molecule has 1 aliphatic heterocycles. The molecule has 86 valence electrons. The second-order valence-corrected chi connectivity index (χ2v) is 3.86. The van der Waals surface area contributed by atoms with Crippen LogP contribution in [0.25, 0.3) is 0 Å². The fraction of sp³-hybridized carbons (Fsp3) is 0.364. The monoisotopic (exact) mass is 229 g/mol. The fourth-order valence-corrected chi connectivity index (χ4v) is 2.12. The topological polar surface area (TPSA) is 20.3 Å². The van der Waals surface area contributed by atoms with E-state index in [0.29, 0.717) is 18.5 Å². The summed E-state index contributed by atoms with van der Waals surface area (Å²) in [5.41, 5.74) is -0.106. The molecule has 0 amide bonds. The van der Waals surface area contributed by atoms with Crippen molar-refractivity contribution in [2.45, 2.75) is 12.1 Å². The van der Waals surface area contributed by atoms with E-state index in [1.54, 1.807) is 18.0 Å². The van der Waals surface area contributed by atoms with Crippen LogP contribution in [-0.4, -0.2) is 19.9 Å².